The van der Waals surface area contributed by atoms with Crippen LogP contribution in [0.1, 0.15) is 45.8 Å². The maximum atomic E-state index is 12.3. The van der Waals surface area contributed by atoms with Crippen LogP contribution in [-0.4, -0.2) is 29.3 Å². The lowest BCUT2D eigenvalue weighted by atomic mass is 10.1. The molecule has 0 saturated carbocycles. The molecule has 1 amide bonds. The Balaban J connectivity index is 2.75. The molecule has 0 bridgehead atoms. The van der Waals surface area contributed by atoms with E-state index in [1.54, 1.807) is 6.92 Å². The van der Waals surface area contributed by atoms with E-state index in [2.05, 4.69) is 5.32 Å². The minimum Gasteiger partial charge on any atom is -0.393 e. The fourth-order valence-corrected chi connectivity index (χ4v) is 1.75. The maximum absolute atomic E-state index is 12.3. The molecular formula is C16H25NO3. The second kappa shape index (κ2) is 7.41. The van der Waals surface area contributed by atoms with Gasteiger partial charge in [0.15, 0.2) is 6.10 Å². The first kappa shape index (κ1) is 16.7. The van der Waals surface area contributed by atoms with Gasteiger partial charge in [0.1, 0.15) is 0 Å². The summed E-state index contributed by atoms with van der Waals surface area (Å²) in [5.74, 6) is -0.174. The number of carbonyl (C=O) groups is 1. The van der Waals surface area contributed by atoms with Crippen LogP contribution in [0.5, 0.6) is 0 Å². The molecule has 2 N–H and O–H groups in total. The lowest BCUT2D eigenvalue weighted by molar-refractivity contribution is -0.143. The van der Waals surface area contributed by atoms with Crippen LogP contribution in [0.2, 0.25) is 0 Å². The zero-order valence-electron chi connectivity index (χ0n) is 12.7. The SMILES string of the molecule is CC(O)CCNC(=O)C(OC(C)(C)C)c1ccccc1. The van der Waals surface area contributed by atoms with Gasteiger partial charge in [0.2, 0.25) is 0 Å². The molecule has 112 valence electrons. The summed E-state index contributed by atoms with van der Waals surface area (Å²) in [4.78, 5) is 12.3. The van der Waals surface area contributed by atoms with E-state index in [0.29, 0.717) is 13.0 Å². The van der Waals surface area contributed by atoms with Crippen LogP contribution >= 0.6 is 0 Å². The predicted octanol–water partition coefficient (Wildman–Crippen LogP) is 2.43. The van der Waals surface area contributed by atoms with Crippen molar-refractivity contribution in [1.82, 2.24) is 5.32 Å². The third-order valence-corrected chi connectivity index (χ3v) is 2.67. The van der Waals surface area contributed by atoms with Gasteiger partial charge in [-0.2, -0.15) is 0 Å². The Morgan fingerprint density at radius 3 is 2.40 bits per heavy atom. The van der Waals surface area contributed by atoms with Gasteiger partial charge in [-0.25, -0.2) is 0 Å². The molecule has 2 atom stereocenters. The highest BCUT2D eigenvalue weighted by Gasteiger charge is 2.26. The fourth-order valence-electron chi connectivity index (χ4n) is 1.75. The van der Waals surface area contributed by atoms with Crippen LogP contribution in [0.15, 0.2) is 30.3 Å². The molecule has 1 rings (SSSR count). The molecule has 0 heterocycles. The lowest BCUT2D eigenvalue weighted by Crippen LogP contribution is -2.36. The number of ether oxygens (including phenoxy) is 1. The van der Waals surface area contributed by atoms with Crippen LogP contribution in [0, 0.1) is 0 Å². The number of aliphatic hydroxyl groups is 1. The molecule has 0 aliphatic heterocycles. The summed E-state index contributed by atoms with van der Waals surface area (Å²) in [6, 6.07) is 9.44. The molecule has 0 saturated heterocycles. The third kappa shape index (κ3) is 6.17. The third-order valence-electron chi connectivity index (χ3n) is 2.67. The molecule has 2 unspecified atom stereocenters. The lowest BCUT2D eigenvalue weighted by Gasteiger charge is -2.27. The van der Waals surface area contributed by atoms with Crippen molar-refractivity contribution in [3.8, 4) is 0 Å². The first-order valence-corrected chi connectivity index (χ1v) is 6.98. The number of benzene rings is 1. The number of nitrogens with one attached hydrogen (secondary N) is 1. The zero-order valence-corrected chi connectivity index (χ0v) is 12.7. The molecule has 0 aromatic heterocycles. The van der Waals surface area contributed by atoms with E-state index in [1.165, 1.54) is 0 Å². The Labute approximate surface area is 121 Å². The second-order valence-electron chi connectivity index (χ2n) is 5.95. The van der Waals surface area contributed by atoms with Gasteiger partial charge < -0.3 is 15.2 Å². The summed E-state index contributed by atoms with van der Waals surface area (Å²) in [6.45, 7) is 7.91. The molecule has 0 aliphatic rings. The summed E-state index contributed by atoms with van der Waals surface area (Å²) in [5, 5.41) is 12.0. The smallest absolute Gasteiger partial charge is 0.253 e. The van der Waals surface area contributed by atoms with E-state index in [-0.39, 0.29) is 5.91 Å². The highest BCUT2D eigenvalue weighted by Crippen LogP contribution is 2.24. The van der Waals surface area contributed by atoms with Crippen molar-refractivity contribution in [1.29, 1.82) is 0 Å². The number of carbonyl (C=O) groups excluding carboxylic acids is 1. The van der Waals surface area contributed by atoms with Crippen molar-refractivity contribution in [3.05, 3.63) is 35.9 Å². The van der Waals surface area contributed by atoms with Crippen LogP contribution in [0.25, 0.3) is 0 Å². The van der Waals surface area contributed by atoms with Gasteiger partial charge >= 0.3 is 0 Å². The number of aliphatic hydroxyl groups excluding tert-OH is 1. The molecule has 20 heavy (non-hydrogen) atoms. The molecule has 4 nitrogen and oxygen atoms in total. The van der Waals surface area contributed by atoms with Gasteiger partial charge in [0.05, 0.1) is 11.7 Å². The quantitative estimate of drug-likeness (QED) is 0.841. The predicted molar refractivity (Wildman–Crippen MR) is 79.3 cm³/mol. The first-order chi connectivity index (χ1) is 9.29. The number of amides is 1. The van der Waals surface area contributed by atoms with Crippen molar-refractivity contribution in [2.45, 2.75) is 51.9 Å². The van der Waals surface area contributed by atoms with Crippen LogP contribution in [0.3, 0.4) is 0 Å². The summed E-state index contributed by atoms with van der Waals surface area (Å²) >= 11 is 0. The Morgan fingerprint density at radius 2 is 1.90 bits per heavy atom. The van der Waals surface area contributed by atoms with Crippen molar-refractivity contribution in [3.63, 3.8) is 0 Å². The van der Waals surface area contributed by atoms with Gasteiger partial charge in [-0.15, -0.1) is 0 Å². The molecule has 0 spiro atoms. The highest BCUT2D eigenvalue weighted by molar-refractivity contribution is 5.82. The van der Waals surface area contributed by atoms with Crippen LogP contribution < -0.4 is 5.32 Å². The zero-order chi connectivity index (χ0) is 15.2. The summed E-state index contributed by atoms with van der Waals surface area (Å²) < 4.78 is 5.87. The van der Waals surface area contributed by atoms with Crippen molar-refractivity contribution < 1.29 is 14.6 Å². The molecular weight excluding hydrogens is 254 g/mol. The fraction of sp³-hybridized carbons (Fsp3) is 0.562. The Hall–Kier alpha value is -1.39. The molecule has 0 fully saturated rings. The van der Waals surface area contributed by atoms with E-state index in [4.69, 9.17) is 4.74 Å². The molecule has 1 aromatic carbocycles. The van der Waals surface area contributed by atoms with Gasteiger partial charge in [-0.05, 0) is 39.7 Å². The van der Waals surface area contributed by atoms with Crippen molar-refractivity contribution in [2.75, 3.05) is 6.54 Å². The van der Waals surface area contributed by atoms with Gasteiger partial charge in [-0.3, -0.25) is 4.79 Å². The van der Waals surface area contributed by atoms with E-state index in [9.17, 15) is 9.90 Å². The Kier molecular flexibility index (Phi) is 6.17. The Bertz CT molecular complexity index is 409. The highest BCUT2D eigenvalue weighted by atomic mass is 16.5. The monoisotopic (exact) mass is 279 g/mol. The van der Waals surface area contributed by atoms with E-state index >= 15 is 0 Å². The van der Waals surface area contributed by atoms with Crippen molar-refractivity contribution >= 4 is 5.91 Å². The minimum absolute atomic E-state index is 0.174. The average molecular weight is 279 g/mol. The number of rotatable bonds is 6. The molecule has 1 aromatic rings. The molecule has 4 heteroatoms. The summed E-state index contributed by atoms with van der Waals surface area (Å²) in [6.07, 6.45) is -0.526. The second-order valence-corrected chi connectivity index (χ2v) is 5.95. The normalized spacial score (nSPS) is 14.7. The maximum Gasteiger partial charge on any atom is 0.253 e. The van der Waals surface area contributed by atoms with Crippen LogP contribution in [0.4, 0.5) is 0 Å². The van der Waals surface area contributed by atoms with Crippen molar-refractivity contribution in [2.24, 2.45) is 0 Å². The number of hydrogen-bond donors (Lipinski definition) is 2. The summed E-state index contributed by atoms with van der Waals surface area (Å²) in [7, 11) is 0. The van der Waals surface area contributed by atoms with Gasteiger partial charge in [0.25, 0.3) is 5.91 Å². The van der Waals surface area contributed by atoms with E-state index < -0.39 is 17.8 Å². The van der Waals surface area contributed by atoms with E-state index in [1.807, 2.05) is 51.1 Å². The minimum atomic E-state index is -0.634. The Morgan fingerprint density at radius 1 is 1.30 bits per heavy atom. The first-order valence-electron chi connectivity index (χ1n) is 6.98. The average Bonchev–Trinajstić information content (AvgIpc) is 2.35. The number of hydrogen-bond acceptors (Lipinski definition) is 3. The largest absolute Gasteiger partial charge is 0.393 e. The summed E-state index contributed by atoms with van der Waals surface area (Å²) in [5.41, 5.74) is 0.416. The van der Waals surface area contributed by atoms with E-state index in [0.717, 1.165) is 5.56 Å². The molecule has 0 aliphatic carbocycles. The topological polar surface area (TPSA) is 58.6 Å². The van der Waals surface area contributed by atoms with Gasteiger partial charge in [0, 0.05) is 6.54 Å². The van der Waals surface area contributed by atoms with Gasteiger partial charge in [-0.1, -0.05) is 30.3 Å². The standard InChI is InChI=1S/C16H25NO3/c1-12(18)10-11-17-15(19)14(20-16(2,3)4)13-8-6-5-7-9-13/h5-9,12,14,18H,10-11H2,1-4H3,(H,17,19). The molecule has 0 radical (unpaired) electrons. The van der Waals surface area contributed by atoms with Crippen LogP contribution in [-0.2, 0) is 9.53 Å².